The molecule has 0 aliphatic heterocycles. The third kappa shape index (κ3) is 6.53. The Morgan fingerprint density at radius 2 is 2.00 bits per heavy atom. The van der Waals surface area contributed by atoms with Crippen LogP contribution in [-0.4, -0.2) is 38.0 Å². The van der Waals surface area contributed by atoms with Crippen LogP contribution in [-0.2, 0) is 4.79 Å². The highest BCUT2D eigenvalue weighted by molar-refractivity contribution is 5.78. The predicted molar refractivity (Wildman–Crippen MR) is 71.7 cm³/mol. The average Bonchev–Trinajstić information content (AvgIpc) is 2.30. The molecule has 3 heteroatoms. The minimum absolute atomic E-state index is 0.0685. The number of nitrogens with one attached hydrogen (secondary N) is 1. The molecular weight excluding hydrogens is 212 g/mol. The van der Waals surface area contributed by atoms with Gasteiger partial charge in [0, 0.05) is 19.5 Å². The van der Waals surface area contributed by atoms with Crippen molar-refractivity contribution in [3.8, 4) is 0 Å². The maximum Gasteiger partial charge on any atom is 0.223 e. The summed E-state index contributed by atoms with van der Waals surface area (Å²) < 4.78 is 0. The lowest BCUT2D eigenvalue weighted by molar-refractivity contribution is -0.120. The first-order valence-electron chi connectivity index (χ1n) is 5.81. The van der Waals surface area contributed by atoms with Gasteiger partial charge < -0.3 is 10.2 Å². The number of likely N-dealkylation sites (N-methyl/N-ethyl adjacent to an activating group) is 1. The van der Waals surface area contributed by atoms with Gasteiger partial charge in [-0.2, -0.15) is 0 Å². The van der Waals surface area contributed by atoms with E-state index in [1.54, 1.807) is 0 Å². The van der Waals surface area contributed by atoms with Crippen molar-refractivity contribution in [2.75, 3.05) is 27.2 Å². The molecule has 0 spiro atoms. The second kappa shape index (κ2) is 7.63. The van der Waals surface area contributed by atoms with E-state index in [0.717, 1.165) is 12.1 Å². The predicted octanol–water partition coefficient (Wildman–Crippen LogP) is 1.77. The zero-order valence-corrected chi connectivity index (χ0v) is 10.5. The Kier molecular flexibility index (Phi) is 6.04. The molecule has 0 aliphatic carbocycles. The Hall–Kier alpha value is -1.61. The number of amides is 1. The van der Waals surface area contributed by atoms with Crippen molar-refractivity contribution in [3.63, 3.8) is 0 Å². The van der Waals surface area contributed by atoms with Crippen molar-refractivity contribution in [1.29, 1.82) is 0 Å². The minimum atomic E-state index is 0.0685. The Morgan fingerprint density at radius 3 is 2.65 bits per heavy atom. The van der Waals surface area contributed by atoms with E-state index in [9.17, 15) is 4.79 Å². The summed E-state index contributed by atoms with van der Waals surface area (Å²) in [6, 6.07) is 9.97. The topological polar surface area (TPSA) is 32.3 Å². The molecule has 0 unspecified atom stereocenters. The van der Waals surface area contributed by atoms with E-state index < -0.39 is 0 Å². The molecule has 0 bridgehead atoms. The largest absolute Gasteiger partial charge is 0.355 e. The normalized spacial score (nSPS) is 11.0. The van der Waals surface area contributed by atoms with Gasteiger partial charge in [0.25, 0.3) is 0 Å². The van der Waals surface area contributed by atoms with Gasteiger partial charge in [-0.1, -0.05) is 42.5 Å². The van der Waals surface area contributed by atoms with Gasteiger partial charge in [0.15, 0.2) is 0 Å². The lowest BCUT2D eigenvalue weighted by Gasteiger charge is -2.09. The van der Waals surface area contributed by atoms with Gasteiger partial charge >= 0.3 is 0 Å². The van der Waals surface area contributed by atoms with Crippen LogP contribution in [0.4, 0.5) is 0 Å². The van der Waals surface area contributed by atoms with Crippen molar-refractivity contribution in [2.45, 2.75) is 6.42 Å². The summed E-state index contributed by atoms with van der Waals surface area (Å²) in [5.41, 5.74) is 1.12. The van der Waals surface area contributed by atoms with Gasteiger partial charge in [-0.15, -0.1) is 0 Å². The third-order valence-electron chi connectivity index (χ3n) is 2.29. The standard InChI is InChI=1S/C14H20N2O/c1-16(2)12-11-15-14(17)10-6-9-13-7-4-3-5-8-13/h3-9H,10-12H2,1-2H3,(H,15,17)/b9-6+. The molecule has 3 nitrogen and oxygen atoms in total. The molecule has 1 amide bonds. The molecule has 1 N–H and O–H groups in total. The van der Waals surface area contributed by atoms with Crippen LogP contribution in [0.5, 0.6) is 0 Å². The highest BCUT2D eigenvalue weighted by atomic mass is 16.1. The number of carbonyl (C=O) groups is 1. The molecule has 0 radical (unpaired) electrons. The number of benzene rings is 1. The van der Waals surface area contributed by atoms with Gasteiger partial charge in [0.1, 0.15) is 0 Å². The number of hydrogen-bond acceptors (Lipinski definition) is 2. The fourth-order valence-electron chi connectivity index (χ4n) is 1.36. The molecule has 0 aromatic heterocycles. The second-order valence-electron chi connectivity index (χ2n) is 4.17. The lowest BCUT2D eigenvalue weighted by atomic mass is 10.2. The Morgan fingerprint density at radius 1 is 1.29 bits per heavy atom. The first-order chi connectivity index (χ1) is 8.18. The van der Waals surface area contributed by atoms with Crippen LogP contribution in [0, 0.1) is 0 Å². The van der Waals surface area contributed by atoms with Gasteiger partial charge in [-0.3, -0.25) is 4.79 Å². The van der Waals surface area contributed by atoms with Crippen LogP contribution in [0.25, 0.3) is 6.08 Å². The Balaban J connectivity index is 2.22. The molecule has 1 aromatic rings. The fraction of sp³-hybridized carbons (Fsp3) is 0.357. The lowest BCUT2D eigenvalue weighted by Crippen LogP contribution is -2.30. The molecule has 0 aliphatic rings. The van der Waals surface area contributed by atoms with E-state index >= 15 is 0 Å². The minimum Gasteiger partial charge on any atom is -0.355 e. The molecule has 1 aromatic carbocycles. The van der Waals surface area contributed by atoms with E-state index in [1.807, 2.05) is 61.5 Å². The van der Waals surface area contributed by atoms with E-state index in [-0.39, 0.29) is 5.91 Å². The van der Waals surface area contributed by atoms with Crippen molar-refractivity contribution in [2.24, 2.45) is 0 Å². The van der Waals surface area contributed by atoms with Crippen molar-refractivity contribution < 1.29 is 4.79 Å². The van der Waals surface area contributed by atoms with Gasteiger partial charge in [0.05, 0.1) is 0 Å². The van der Waals surface area contributed by atoms with Crippen LogP contribution < -0.4 is 5.32 Å². The van der Waals surface area contributed by atoms with Gasteiger partial charge in [-0.05, 0) is 19.7 Å². The fourth-order valence-corrected chi connectivity index (χ4v) is 1.36. The number of rotatable bonds is 6. The van der Waals surface area contributed by atoms with Gasteiger partial charge in [-0.25, -0.2) is 0 Å². The van der Waals surface area contributed by atoms with Crippen LogP contribution >= 0.6 is 0 Å². The summed E-state index contributed by atoms with van der Waals surface area (Å²) in [7, 11) is 3.98. The van der Waals surface area contributed by atoms with Gasteiger partial charge in [0.2, 0.25) is 5.91 Å². The van der Waals surface area contributed by atoms with Crippen molar-refractivity contribution in [1.82, 2.24) is 10.2 Å². The number of nitrogens with zero attached hydrogens (tertiary/aromatic N) is 1. The quantitative estimate of drug-likeness (QED) is 0.810. The van der Waals surface area contributed by atoms with Crippen LogP contribution in [0.15, 0.2) is 36.4 Å². The Labute approximate surface area is 103 Å². The monoisotopic (exact) mass is 232 g/mol. The van der Waals surface area contributed by atoms with E-state index in [4.69, 9.17) is 0 Å². The second-order valence-corrected chi connectivity index (χ2v) is 4.17. The summed E-state index contributed by atoms with van der Waals surface area (Å²) in [6.45, 7) is 1.57. The third-order valence-corrected chi connectivity index (χ3v) is 2.29. The summed E-state index contributed by atoms with van der Waals surface area (Å²) >= 11 is 0. The number of hydrogen-bond donors (Lipinski definition) is 1. The molecule has 17 heavy (non-hydrogen) atoms. The summed E-state index contributed by atoms with van der Waals surface area (Å²) in [6.07, 6.45) is 4.29. The molecule has 92 valence electrons. The maximum atomic E-state index is 11.4. The molecule has 0 atom stereocenters. The first-order valence-corrected chi connectivity index (χ1v) is 5.81. The van der Waals surface area contributed by atoms with Crippen LogP contribution in [0.1, 0.15) is 12.0 Å². The van der Waals surface area contributed by atoms with E-state index in [2.05, 4.69) is 5.32 Å². The molecule has 0 saturated carbocycles. The molecule has 0 heterocycles. The highest BCUT2D eigenvalue weighted by Crippen LogP contribution is 2.01. The van der Waals surface area contributed by atoms with E-state index in [1.165, 1.54) is 0 Å². The first kappa shape index (κ1) is 13.5. The van der Waals surface area contributed by atoms with Crippen molar-refractivity contribution >= 4 is 12.0 Å². The highest BCUT2D eigenvalue weighted by Gasteiger charge is 1.97. The SMILES string of the molecule is CN(C)CCNC(=O)C/C=C/c1ccccc1. The van der Waals surface area contributed by atoms with Crippen LogP contribution in [0.2, 0.25) is 0 Å². The Bertz CT molecular complexity index is 358. The molecule has 1 rings (SSSR count). The molecule has 0 saturated heterocycles. The molecule has 0 fully saturated rings. The maximum absolute atomic E-state index is 11.4. The van der Waals surface area contributed by atoms with Crippen LogP contribution in [0.3, 0.4) is 0 Å². The average molecular weight is 232 g/mol. The number of carbonyl (C=O) groups excluding carboxylic acids is 1. The molecular formula is C14H20N2O. The van der Waals surface area contributed by atoms with E-state index in [0.29, 0.717) is 13.0 Å². The summed E-state index contributed by atoms with van der Waals surface area (Å²) in [5, 5.41) is 2.87. The smallest absolute Gasteiger partial charge is 0.223 e. The zero-order valence-electron chi connectivity index (χ0n) is 10.5. The summed E-state index contributed by atoms with van der Waals surface area (Å²) in [4.78, 5) is 13.5. The van der Waals surface area contributed by atoms with Crippen molar-refractivity contribution in [3.05, 3.63) is 42.0 Å². The summed E-state index contributed by atoms with van der Waals surface area (Å²) in [5.74, 6) is 0.0685. The zero-order chi connectivity index (χ0) is 12.5.